The summed E-state index contributed by atoms with van der Waals surface area (Å²) in [6.45, 7) is 3.04. The SMILES string of the molecule is COc1ccc2nccc([C@H](N)CC[C@@H]3CCN(CCSC4CCCCC4)C[C@@H]3CC(=O)O)c2c1. The van der Waals surface area contributed by atoms with E-state index in [2.05, 4.69) is 21.6 Å². The number of methoxy groups -OCH3 is 1. The number of likely N-dealkylation sites (tertiary alicyclic amines) is 1. The first kappa shape index (κ1) is 26.2. The highest BCUT2D eigenvalue weighted by Gasteiger charge is 2.31. The van der Waals surface area contributed by atoms with Crippen LogP contribution in [0.15, 0.2) is 30.5 Å². The van der Waals surface area contributed by atoms with Crippen molar-refractivity contribution in [2.45, 2.75) is 69.1 Å². The van der Waals surface area contributed by atoms with Gasteiger partial charge in [0.25, 0.3) is 0 Å². The molecule has 0 bridgehead atoms. The number of nitrogens with zero attached hydrogens (tertiary/aromatic N) is 2. The Morgan fingerprint density at radius 2 is 2.06 bits per heavy atom. The third-order valence-corrected chi connectivity index (χ3v) is 9.32. The predicted molar refractivity (Wildman–Crippen MR) is 144 cm³/mol. The van der Waals surface area contributed by atoms with Gasteiger partial charge in [0.05, 0.1) is 12.6 Å². The number of pyridine rings is 1. The molecule has 1 aromatic carbocycles. The van der Waals surface area contributed by atoms with Gasteiger partial charge in [-0.3, -0.25) is 9.78 Å². The fraction of sp³-hybridized carbons (Fsp3) is 0.643. The Bertz CT molecular complexity index is 966. The maximum atomic E-state index is 11.6. The molecule has 3 N–H and O–H groups in total. The van der Waals surface area contributed by atoms with E-state index < -0.39 is 5.97 Å². The van der Waals surface area contributed by atoms with Crippen molar-refractivity contribution in [3.63, 3.8) is 0 Å². The van der Waals surface area contributed by atoms with E-state index in [9.17, 15) is 9.90 Å². The van der Waals surface area contributed by atoms with Gasteiger partial charge >= 0.3 is 5.97 Å². The predicted octanol–water partition coefficient (Wildman–Crippen LogP) is 5.50. The number of piperidine rings is 1. The molecular formula is C28H41N3O3S. The van der Waals surface area contributed by atoms with Gasteiger partial charge in [0.1, 0.15) is 5.75 Å². The van der Waals surface area contributed by atoms with Crippen LogP contribution in [0.25, 0.3) is 10.9 Å². The molecule has 2 heterocycles. The number of aliphatic carboxylic acids is 1. The van der Waals surface area contributed by atoms with Crippen LogP contribution in [0.1, 0.15) is 69.4 Å². The second kappa shape index (κ2) is 12.9. The van der Waals surface area contributed by atoms with Gasteiger partial charge in [-0.05, 0) is 80.3 Å². The molecule has 35 heavy (non-hydrogen) atoms. The number of rotatable bonds is 11. The van der Waals surface area contributed by atoms with Crippen molar-refractivity contribution >= 4 is 28.6 Å². The van der Waals surface area contributed by atoms with Gasteiger partial charge in [-0.1, -0.05) is 19.3 Å². The molecule has 1 saturated carbocycles. The molecular weight excluding hydrogens is 458 g/mol. The lowest BCUT2D eigenvalue weighted by molar-refractivity contribution is -0.139. The third kappa shape index (κ3) is 7.34. The normalized spacial score (nSPS) is 22.8. The minimum atomic E-state index is -0.685. The summed E-state index contributed by atoms with van der Waals surface area (Å²) in [6.07, 6.45) is 11.8. The molecule has 0 spiro atoms. The molecule has 2 fully saturated rings. The molecule has 3 atom stereocenters. The summed E-state index contributed by atoms with van der Waals surface area (Å²) in [7, 11) is 1.67. The number of nitrogens with two attached hydrogens (primary N) is 1. The average molecular weight is 500 g/mol. The zero-order valence-corrected chi connectivity index (χ0v) is 21.8. The summed E-state index contributed by atoms with van der Waals surface area (Å²) < 4.78 is 5.41. The van der Waals surface area contributed by atoms with Crippen LogP contribution >= 0.6 is 11.8 Å². The molecule has 1 saturated heterocycles. The molecule has 0 unspecified atom stereocenters. The van der Waals surface area contributed by atoms with E-state index in [1.807, 2.05) is 30.5 Å². The highest BCUT2D eigenvalue weighted by Crippen LogP contribution is 2.34. The number of benzene rings is 1. The molecule has 0 radical (unpaired) electrons. The zero-order valence-electron chi connectivity index (χ0n) is 21.0. The highest BCUT2D eigenvalue weighted by molar-refractivity contribution is 7.99. The monoisotopic (exact) mass is 499 g/mol. The quantitative estimate of drug-likeness (QED) is 0.422. The van der Waals surface area contributed by atoms with Gasteiger partial charge < -0.3 is 20.5 Å². The largest absolute Gasteiger partial charge is 0.497 e. The Hall–Kier alpha value is -1.83. The number of fused-ring (bicyclic) bond motifs is 1. The van der Waals surface area contributed by atoms with Gasteiger partial charge in [0.2, 0.25) is 0 Å². The molecule has 0 amide bonds. The highest BCUT2D eigenvalue weighted by atomic mass is 32.2. The van der Waals surface area contributed by atoms with Crippen LogP contribution in [0.2, 0.25) is 0 Å². The lowest BCUT2D eigenvalue weighted by Crippen LogP contribution is -2.42. The van der Waals surface area contributed by atoms with Crippen LogP contribution < -0.4 is 10.5 Å². The fourth-order valence-electron chi connectivity index (χ4n) is 5.92. The van der Waals surface area contributed by atoms with Gasteiger partial charge in [-0.2, -0.15) is 11.8 Å². The first-order valence-corrected chi connectivity index (χ1v) is 14.3. The van der Waals surface area contributed by atoms with Gasteiger partial charge in [0, 0.05) is 48.1 Å². The van der Waals surface area contributed by atoms with Crippen molar-refractivity contribution in [2.24, 2.45) is 17.6 Å². The average Bonchev–Trinajstić information content (AvgIpc) is 2.87. The number of carbonyl (C=O) groups is 1. The number of hydrogen-bond acceptors (Lipinski definition) is 6. The van der Waals surface area contributed by atoms with Gasteiger partial charge in [0.15, 0.2) is 0 Å². The lowest BCUT2D eigenvalue weighted by Gasteiger charge is -2.38. The number of hydrogen-bond donors (Lipinski definition) is 2. The lowest BCUT2D eigenvalue weighted by atomic mass is 9.79. The number of aromatic nitrogens is 1. The van der Waals surface area contributed by atoms with Crippen molar-refractivity contribution < 1.29 is 14.6 Å². The van der Waals surface area contributed by atoms with Gasteiger partial charge in [-0.15, -0.1) is 0 Å². The minimum Gasteiger partial charge on any atom is -0.497 e. The van der Waals surface area contributed by atoms with Crippen LogP contribution in [0.4, 0.5) is 0 Å². The van der Waals surface area contributed by atoms with Crippen molar-refractivity contribution in [1.82, 2.24) is 9.88 Å². The molecule has 2 aromatic rings. The maximum absolute atomic E-state index is 11.6. The maximum Gasteiger partial charge on any atom is 0.303 e. The summed E-state index contributed by atoms with van der Waals surface area (Å²) in [5.74, 6) is 1.88. The summed E-state index contributed by atoms with van der Waals surface area (Å²) >= 11 is 2.13. The zero-order chi connectivity index (χ0) is 24.6. The Morgan fingerprint density at radius 1 is 1.23 bits per heavy atom. The van der Waals surface area contributed by atoms with Crippen LogP contribution in [0.5, 0.6) is 5.75 Å². The Balaban J connectivity index is 1.32. The third-order valence-electron chi connectivity index (χ3n) is 7.96. The first-order chi connectivity index (χ1) is 17.0. The van der Waals surface area contributed by atoms with Crippen molar-refractivity contribution in [3.05, 3.63) is 36.0 Å². The summed E-state index contributed by atoms with van der Waals surface area (Å²) in [4.78, 5) is 18.6. The van der Waals surface area contributed by atoms with E-state index in [1.165, 1.54) is 37.9 Å². The molecule has 2 aliphatic rings. The standard InChI is InChI=1S/C28H41N3O3S/c1-34-22-8-10-27-25(18-22)24(11-13-30-27)26(29)9-7-20-12-14-31(19-21(20)17-28(32)33)15-16-35-23-5-3-2-4-6-23/h8,10-11,13,18,20-21,23,26H,2-7,9,12,14-17,19,29H2,1H3,(H,32,33)/t20-,21+,26-/m1/s1. The second-order valence-corrected chi connectivity index (χ2v) is 11.7. The topological polar surface area (TPSA) is 88.7 Å². The fourth-order valence-corrected chi connectivity index (χ4v) is 7.28. The summed E-state index contributed by atoms with van der Waals surface area (Å²) in [5, 5.41) is 11.4. The first-order valence-electron chi connectivity index (χ1n) is 13.3. The van der Waals surface area contributed by atoms with E-state index in [0.29, 0.717) is 5.92 Å². The number of carboxylic acids is 1. The minimum absolute atomic E-state index is 0.108. The summed E-state index contributed by atoms with van der Waals surface area (Å²) in [6, 6.07) is 7.79. The Morgan fingerprint density at radius 3 is 2.83 bits per heavy atom. The van der Waals surface area contributed by atoms with Crippen LogP contribution in [-0.4, -0.2) is 58.7 Å². The second-order valence-electron chi connectivity index (χ2n) is 10.3. The van der Waals surface area contributed by atoms with Crippen LogP contribution in [-0.2, 0) is 4.79 Å². The number of thioether (sulfide) groups is 1. The van der Waals surface area contributed by atoms with E-state index in [-0.39, 0.29) is 18.4 Å². The molecule has 192 valence electrons. The van der Waals surface area contributed by atoms with Crippen molar-refractivity contribution in [1.29, 1.82) is 0 Å². The van der Waals surface area contributed by atoms with E-state index in [0.717, 1.165) is 66.4 Å². The van der Waals surface area contributed by atoms with E-state index in [4.69, 9.17) is 10.5 Å². The molecule has 4 rings (SSSR count). The summed E-state index contributed by atoms with van der Waals surface area (Å²) in [5.41, 5.74) is 8.68. The molecule has 1 aliphatic carbocycles. The number of ether oxygens (including phenoxy) is 1. The number of carboxylic acid groups (broad SMARTS) is 1. The van der Waals surface area contributed by atoms with Crippen LogP contribution in [0, 0.1) is 11.8 Å². The smallest absolute Gasteiger partial charge is 0.303 e. The van der Waals surface area contributed by atoms with E-state index >= 15 is 0 Å². The van der Waals surface area contributed by atoms with Crippen LogP contribution in [0.3, 0.4) is 0 Å². The van der Waals surface area contributed by atoms with Gasteiger partial charge in [-0.25, -0.2) is 0 Å². The molecule has 1 aromatic heterocycles. The van der Waals surface area contributed by atoms with Crippen molar-refractivity contribution in [3.8, 4) is 5.75 Å². The van der Waals surface area contributed by atoms with E-state index in [1.54, 1.807) is 7.11 Å². The molecule has 7 heteroatoms. The Labute approximate surface area is 214 Å². The Kier molecular flexibility index (Phi) is 9.69. The van der Waals surface area contributed by atoms with Crippen molar-refractivity contribution in [2.75, 3.05) is 32.5 Å². The molecule has 1 aliphatic heterocycles. The molecule has 6 nitrogen and oxygen atoms in total.